The number of methoxy groups -OCH3 is 2. The van der Waals surface area contributed by atoms with Gasteiger partial charge in [0.25, 0.3) is 0 Å². The van der Waals surface area contributed by atoms with E-state index in [1.54, 1.807) is 20.4 Å². The molecular formula is C22H22N6O2. The van der Waals surface area contributed by atoms with Gasteiger partial charge >= 0.3 is 0 Å². The summed E-state index contributed by atoms with van der Waals surface area (Å²) in [4.78, 5) is 17.8. The van der Waals surface area contributed by atoms with E-state index in [0.29, 0.717) is 40.8 Å². The molecule has 2 heterocycles. The Hall–Kier alpha value is -3.94. The van der Waals surface area contributed by atoms with Crippen LogP contribution in [0, 0.1) is 0 Å². The van der Waals surface area contributed by atoms with E-state index in [2.05, 4.69) is 37.4 Å². The number of anilines is 2. The molecule has 0 saturated carbocycles. The van der Waals surface area contributed by atoms with Gasteiger partial charge in [0, 0.05) is 12.1 Å². The van der Waals surface area contributed by atoms with Crippen LogP contribution >= 0.6 is 0 Å². The zero-order chi connectivity index (χ0) is 20.9. The minimum absolute atomic E-state index is 0.275. The average molecular weight is 402 g/mol. The Morgan fingerprint density at radius 1 is 0.933 bits per heavy atom. The van der Waals surface area contributed by atoms with Crippen LogP contribution in [0.1, 0.15) is 5.56 Å². The SMILES string of the molecule is COc1ccc(-c2cnc3nc(NCCc4ccccc4)nc(N)c3n2)cc1OC. The Labute approximate surface area is 174 Å². The summed E-state index contributed by atoms with van der Waals surface area (Å²) < 4.78 is 10.6. The lowest BCUT2D eigenvalue weighted by molar-refractivity contribution is 0.355. The molecule has 0 atom stereocenters. The van der Waals surface area contributed by atoms with Crippen LogP contribution in [0.2, 0.25) is 0 Å². The lowest BCUT2D eigenvalue weighted by Gasteiger charge is -2.10. The first kappa shape index (κ1) is 19.4. The molecule has 8 nitrogen and oxygen atoms in total. The fourth-order valence-corrected chi connectivity index (χ4v) is 3.11. The summed E-state index contributed by atoms with van der Waals surface area (Å²) in [5.74, 6) is 1.96. The van der Waals surface area contributed by atoms with Crippen molar-refractivity contribution >= 4 is 22.9 Å². The Kier molecular flexibility index (Phi) is 5.56. The van der Waals surface area contributed by atoms with Crippen molar-refractivity contribution in [1.82, 2.24) is 19.9 Å². The van der Waals surface area contributed by atoms with Crippen LogP contribution in [0.15, 0.2) is 54.7 Å². The highest BCUT2D eigenvalue weighted by Crippen LogP contribution is 2.32. The molecule has 4 aromatic rings. The number of aromatic nitrogens is 4. The van der Waals surface area contributed by atoms with Crippen molar-refractivity contribution in [2.45, 2.75) is 6.42 Å². The predicted octanol–water partition coefficient (Wildman–Crippen LogP) is 3.34. The number of ether oxygens (including phenoxy) is 2. The molecule has 0 unspecified atom stereocenters. The van der Waals surface area contributed by atoms with Gasteiger partial charge in [-0.3, -0.25) is 0 Å². The Morgan fingerprint density at radius 3 is 2.50 bits per heavy atom. The number of benzene rings is 2. The zero-order valence-electron chi connectivity index (χ0n) is 16.8. The summed E-state index contributed by atoms with van der Waals surface area (Å²) in [5, 5.41) is 3.20. The van der Waals surface area contributed by atoms with Crippen molar-refractivity contribution in [2.75, 3.05) is 31.8 Å². The largest absolute Gasteiger partial charge is 0.493 e. The smallest absolute Gasteiger partial charge is 0.226 e. The van der Waals surface area contributed by atoms with E-state index in [9.17, 15) is 0 Å². The molecule has 0 radical (unpaired) electrons. The third-order valence-corrected chi connectivity index (χ3v) is 4.65. The maximum atomic E-state index is 6.15. The van der Waals surface area contributed by atoms with Crippen LogP contribution < -0.4 is 20.5 Å². The molecule has 0 saturated heterocycles. The first-order valence-corrected chi connectivity index (χ1v) is 9.48. The molecule has 4 rings (SSSR count). The molecule has 30 heavy (non-hydrogen) atoms. The van der Waals surface area contributed by atoms with Crippen LogP contribution in [0.25, 0.3) is 22.4 Å². The molecule has 0 bridgehead atoms. The Balaban J connectivity index is 1.56. The first-order valence-electron chi connectivity index (χ1n) is 9.48. The minimum atomic E-state index is 0.275. The average Bonchev–Trinajstić information content (AvgIpc) is 2.79. The molecule has 0 aliphatic rings. The van der Waals surface area contributed by atoms with Gasteiger partial charge in [0.15, 0.2) is 28.5 Å². The summed E-state index contributed by atoms with van der Waals surface area (Å²) in [6.07, 6.45) is 2.51. The van der Waals surface area contributed by atoms with Gasteiger partial charge < -0.3 is 20.5 Å². The summed E-state index contributed by atoms with van der Waals surface area (Å²) in [7, 11) is 3.18. The quantitative estimate of drug-likeness (QED) is 0.485. The second kappa shape index (κ2) is 8.60. The molecule has 0 fully saturated rings. The van der Waals surface area contributed by atoms with E-state index < -0.39 is 0 Å². The molecule has 2 aromatic heterocycles. The van der Waals surface area contributed by atoms with Crippen LogP contribution in [0.3, 0.4) is 0 Å². The lowest BCUT2D eigenvalue weighted by atomic mass is 10.1. The first-order chi connectivity index (χ1) is 14.7. The maximum Gasteiger partial charge on any atom is 0.226 e. The van der Waals surface area contributed by atoms with Gasteiger partial charge in [0.1, 0.15) is 0 Å². The van der Waals surface area contributed by atoms with E-state index in [-0.39, 0.29) is 5.82 Å². The van der Waals surface area contributed by atoms with Crippen LogP contribution in [0.4, 0.5) is 11.8 Å². The van der Waals surface area contributed by atoms with Crippen molar-refractivity contribution in [3.63, 3.8) is 0 Å². The molecule has 0 aliphatic heterocycles. The highest BCUT2D eigenvalue weighted by atomic mass is 16.5. The molecule has 3 N–H and O–H groups in total. The van der Waals surface area contributed by atoms with E-state index in [1.807, 2.05) is 36.4 Å². The number of hydrogen-bond acceptors (Lipinski definition) is 8. The number of hydrogen-bond donors (Lipinski definition) is 2. The summed E-state index contributed by atoms with van der Waals surface area (Å²) >= 11 is 0. The van der Waals surface area contributed by atoms with Crippen molar-refractivity contribution in [3.8, 4) is 22.8 Å². The van der Waals surface area contributed by atoms with Gasteiger partial charge in [-0.05, 0) is 30.2 Å². The van der Waals surface area contributed by atoms with Gasteiger partial charge in [-0.2, -0.15) is 9.97 Å². The molecule has 0 spiro atoms. The normalized spacial score (nSPS) is 10.7. The molecule has 152 valence electrons. The third-order valence-electron chi connectivity index (χ3n) is 4.65. The summed E-state index contributed by atoms with van der Waals surface area (Å²) in [6, 6.07) is 15.7. The zero-order valence-corrected chi connectivity index (χ0v) is 16.8. The Morgan fingerprint density at radius 2 is 1.73 bits per heavy atom. The Bertz CT molecular complexity index is 1170. The number of rotatable bonds is 7. The minimum Gasteiger partial charge on any atom is -0.493 e. The second-order valence-corrected chi connectivity index (χ2v) is 6.59. The van der Waals surface area contributed by atoms with Gasteiger partial charge in [0.2, 0.25) is 5.95 Å². The van der Waals surface area contributed by atoms with Crippen molar-refractivity contribution in [3.05, 3.63) is 60.3 Å². The molecule has 2 aromatic carbocycles. The number of fused-ring (bicyclic) bond motifs is 1. The lowest BCUT2D eigenvalue weighted by Crippen LogP contribution is -2.10. The van der Waals surface area contributed by atoms with Crippen molar-refractivity contribution in [1.29, 1.82) is 0 Å². The highest BCUT2D eigenvalue weighted by molar-refractivity contribution is 5.84. The fraction of sp³-hybridized carbons (Fsp3) is 0.182. The van der Waals surface area contributed by atoms with Crippen molar-refractivity contribution in [2.24, 2.45) is 0 Å². The van der Waals surface area contributed by atoms with Gasteiger partial charge in [0.05, 0.1) is 26.1 Å². The second-order valence-electron chi connectivity index (χ2n) is 6.59. The third kappa shape index (κ3) is 4.07. The van der Waals surface area contributed by atoms with E-state index in [1.165, 1.54) is 5.56 Å². The summed E-state index contributed by atoms with van der Waals surface area (Å²) in [6.45, 7) is 0.687. The van der Waals surface area contributed by atoms with E-state index in [4.69, 9.17) is 15.2 Å². The molecule has 0 aliphatic carbocycles. The molecular weight excluding hydrogens is 380 g/mol. The molecule has 8 heteroatoms. The molecule has 0 amide bonds. The van der Waals surface area contributed by atoms with Crippen LogP contribution in [-0.4, -0.2) is 40.7 Å². The maximum absolute atomic E-state index is 6.15. The number of nitrogens with two attached hydrogens (primary N) is 1. The van der Waals surface area contributed by atoms with Crippen molar-refractivity contribution < 1.29 is 9.47 Å². The number of nitrogen functional groups attached to an aromatic ring is 1. The number of nitrogens with zero attached hydrogens (tertiary/aromatic N) is 4. The van der Waals surface area contributed by atoms with Gasteiger partial charge in [-0.1, -0.05) is 30.3 Å². The summed E-state index contributed by atoms with van der Waals surface area (Å²) in [5.41, 5.74) is 9.75. The predicted molar refractivity (Wildman–Crippen MR) is 117 cm³/mol. The van der Waals surface area contributed by atoms with E-state index >= 15 is 0 Å². The van der Waals surface area contributed by atoms with Gasteiger partial charge in [-0.25, -0.2) is 9.97 Å². The number of nitrogens with one attached hydrogen (secondary N) is 1. The standard InChI is InChI=1S/C22H22N6O2/c1-29-17-9-8-15(12-18(17)30-2)16-13-25-21-19(26-16)20(23)27-22(28-21)24-11-10-14-6-4-3-5-7-14/h3-9,12-13H,10-11H2,1-2H3,(H3,23,24,25,27,28). The fourth-order valence-electron chi connectivity index (χ4n) is 3.11. The van der Waals surface area contributed by atoms with Crippen LogP contribution in [-0.2, 0) is 6.42 Å². The highest BCUT2D eigenvalue weighted by Gasteiger charge is 2.12. The monoisotopic (exact) mass is 402 g/mol. The van der Waals surface area contributed by atoms with Gasteiger partial charge in [-0.15, -0.1) is 0 Å². The van der Waals surface area contributed by atoms with E-state index in [0.717, 1.165) is 12.0 Å². The topological polar surface area (TPSA) is 108 Å². The van der Waals surface area contributed by atoms with Crippen LogP contribution in [0.5, 0.6) is 11.5 Å².